The molecule has 7 aromatic rings. The van der Waals surface area contributed by atoms with Crippen molar-refractivity contribution in [3.05, 3.63) is 139 Å². The van der Waals surface area contributed by atoms with E-state index in [0.717, 1.165) is 46.5 Å². The van der Waals surface area contributed by atoms with Crippen LogP contribution >= 0.6 is 11.3 Å². The summed E-state index contributed by atoms with van der Waals surface area (Å²) in [5, 5.41) is 2.51. The topological polar surface area (TPSA) is 25.8 Å². The van der Waals surface area contributed by atoms with Crippen LogP contribution < -0.4 is 4.40 Å². The van der Waals surface area contributed by atoms with Crippen molar-refractivity contribution < 1.29 is 24.5 Å². The molecule has 3 heterocycles. The number of hydrogen-bond acceptors (Lipinski definition) is 3. The van der Waals surface area contributed by atoms with E-state index in [9.17, 15) is 4.39 Å². The summed E-state index contributed by atoms with van der Waals surface area (Å²) in [6, 6.07) is 38.6. The first-order valence-corrected chi connectivity index (χ1v) is 24.0. The van der Waals surface area contributed by atoms with Crippen molar-refractivity contribution in [2.45, 2.75) is 43.0 Å². The minimum Gasteiger partial charge on any atom is 0 e. The molecule has 8 rings (SSSR count). The smallest absolute Gasteiger partial charge is 0 e. The fraction of sp³-hybridized carbons (Fsp3) is 0.171. The van der Waals surface area contributed by atoms with Crippen LogP contribution in [0.5, 0.6) is 0 Å². The molecule has 0 saturated heterocycles. The largest absolute Gasteiger partial charge is 0 e. The van der Waals surface area contributed by atoms with Gasteiger partial charge in [0.1, 0.15) is 5.82 Å². The van der Waals surface area contributed by atoms with E-state index in [1.54, 1.807) is 11.3 Å². The van der Waals surface area contributed by atoms with Gasteiger partial charge in [0.05, 0.1) is 0 Å². The number of hydrogen-bond donors (Lipinski definition) is 0. The van der Waals surface area contributed by atoms with Gasteiger partial charge in [-0.3, -0.25) is 0 Å². The molecule has 0 spiro atoms. The van der Waals surface area contributed by atoms with Crippen LogP contribution in [0.25, 0.3) is 53.8 Å². The Morgan fingerprint density at radius 3 is 2.32 bits per heavy atom. The van der Waals surface area contributed by atoms with Crippen molar-refractivity contribution in [1.82, 2.24) is 9.97 Å². The third-order valence-electron chi connectivity index (χ3n) is 8.74. The SMILES string of the molecule is Fc1ccc(-c2ccc3c(c2)sc2c(-c4nccc5c4CCCC5)[c-]ccc23)cc1.[CH3][Ge]([CH3])([CH3])[c]1ccc(-c2[c-]cccc2)nc1.[Ir]. The maximum absolute atomic E-state index is 13.3. The van der Waals surface area contributed by atoms with E-state index < -0.39 is 13.3 Å². The van der Waals surface area contributed by atoms with Crippen LogP contribution in [-0.2, 0) is 32.9 Å². The molecule has 4 aromatic carbocycles. The number of fused-ring (bicyclic) bond motifs is 4. The van der Waals surface area contributed by atoms with Gasteiger partial charge in [-0.15, -0.1) is 23.8 Å². The Kier molecular flexibility index (Phi) is 10.2. The van der Waals surface area contributed by atoms with E-state index in [4.69, 9.17) is 4.98 Å². The van der Waals surface area contributed by atoms with Crippen molar-refractivity contribution in [3.8, 4) is 33.6 Å². The van der Waals surface area contributed by atoms with E-state index in [1.807, 2.05) is 54.9 Å². The zero-order valence-electron chi connectivity index (χ0n) is 26.7. The minimum absolute atomic E-state index is 0. The van der Waals surface area contributed by atoms with E-state index in [1.165, 1.54) is 60.7 Å². The average molecular weight is 872 g/mol. The maximum atomic E-state index is 13.3. The van der Waals surface area contributed by atoms with E-state index in [-0.39, 0.29) is 25.9 Å². The molecule has 6 heteroatoms. The van der Waals surface area contributed by atoms with Gasteiger partial charge in [-0.25, -0.2) is 4.39 Å². The van der Waals surface area contributed by atoms with Crippen LogP contribution in [0.1, 0.15) is 24.0 Å². The summed E-state index contributed by atoms with van der Waals surface area (Å²) in [5.41, 5.74) is 9.27. The van der Waals surface area contributed by atoms with Crippen LogP contribution in [0.3, 0.4) is 0 Å². The fourth-order valence-electron chi connectivity index (χ4n) is 6.17. The minimum atomic E-state index is -1.72. The Morgan fingerprint density at radius 1 is 0.766 bits per heavy atom. The first kappa shape index (κ1) is 33.4. The normalized spacial score (nSPS) is 12.6. The Balaban J connectivity index is 0.000000194. The Bertz CT molecular complexity index is 2140. The van der Waals surface area contributed by atoms with Gasteiger partial charge in [-0.1, -0.05) is 40.8 Å². The second-order valence-electron chi connectivity index (χ2n) is 12.9. The molecular formula is C41H35FGeIrN2S-2. The molecule has 0 saturated carbocycles. The van der Waals surface area contributed by atoms with E-state index in [2.05, 4.69) is 76.8 Å². The molecule has 0 fully saturated rings. The maximum Gasteiger partial charge on any atom is 0 e. The summed E-state index contributed by atoms with van der Waals surface area (Å²) in [6.07, 6.45) is 8.73. The number of rotatable bonds is 4. The number of thiophene rings is 1. The molecule has 0 amide bonds. The van der Waals surface area contributed by atoms with Crippen LogP contribution in [0, 0.1) is 17.9 Å². The van der Waals surface area contributed by atoms with Gasteiger partial charge >= 0.3 is 99.8 Å². The summed E-state index contributed by atoms with van der Waals surface area (Å²) < 4.78 is 17.2. The summed E-state index contributed by atoms with van der Waals surface area (Å²) >= 11 is 0.0846. The quantitative estimate of drug-likeness (QED) is 0.130. The molecule has 1 aliphatic carbocycles. The zero-order chi connectivity index (χ0) is 31.7. The Morgan fingerprint density at radius 2 is 1.57 bits per heavy atom. The van der Waals surface area contributed by atoms with Crippen molar-refractivity contribution in [2.75, 3.05) is 0 Å². The second kappa shape index (κ2) is 14.3. The van der Waals surface area contributed by atoms with Gasteiger partial charge in [0, 0.05) is 31.0 Å². The molecule has 0 N–H and O–H groups in total. The van der Waals surface area contributed by atoms with Crippen LogP contribution in [0.2, 0.25) is 17.3 Å². The molecular weight excluding hydrogens is 836 g/mol. The zero-order valence-corrected chi connectivity index (χ0v) is 32.0. The molecule has 2 nitrogen and oxygen atoms in total. The first-order chi connectivity index (χ1) is 22.3. The predicted octanol–water partition coefficient (Wildman–Crippen LogP) is 10.7. The molecule has 0 bridgehead atoms. The molecule has 0 aliphatic heterocycles. The van der Waals surface area contributed by atoms with Gasteiger partial charge in [-0.05, 0) is 76.9 Å². The fourth-order valence-corrected chi connectivity index (χ4v) is 9.58. The molecule has 47 heavy (non-hydrogen) atoms. The van der Waals surface area contributed by atoms with Crippen molar-refractivity contribution in [3.63, 3.8) is 0 Å². The molecule has 1 radical (unpaired) electrons. The van der Waals surface area contributed by atoms with Gasteiger partial charge in [-0.2, -0.15) is 11.3 Å². The van der Waals surface area contributed by atoms with Crippen LogP contribution in [0.15, 0.2) is 109 Å². The summed E-state index contributed by atoms with van der Waals surface area (Å²) in [5.74, 6) is 6.93. The summed E-state index contributed by atoms with van der Waals surface area (Å²) in [7, 11) is 0. The van der Waals surface area contributed by atoms with Gasteiger partial charge in [0.15, 0.2) is 0 Å². The van der Waals surface area contributed by atoms with Gasteiger partial charge in [0.25, 0.3) is 0 Å². The van der Waals surface area contributed by atoms with Crippen LogP contribution in [0.4, 0.5) is 4.39 Å². The number of aromatic nitrogens is 2. The molecule has 3 aromatic heterocycles. The third-order valence-corrected chi connectivity index (χ3v) is 14.2. The second-order valence-corrected chi connectivity index (χ2v) is 24.6. The molecule has 1 aliphatic rings. The average Bonchev–Trinajstić information content (AvgIpc) is 3.47. The first-order valence-electron chi connectivity index (χ1n) is 15.9. The van der Waals surface area contributed by atoms with Crippen LogP contribution in [-0.4, -0.2) is 23.2 Å². The van der Waals surface area contributed by atoms with Gasteiger partial charge in [0.2, 0.25) is 0 Å². The van der Waals surface area contributed by atoms with Crippen molar-refractivity contribution in [1.29, 1.82) is 0 Å². The molecule has 237 valence electrons. The van der Waals surface area contributed by atoms with Crippen molar-refractivity contribution in [2.24, 2.45) is 0 Å². The monoisotopic (exact) mass is 873 g/mol. The summed E-state index contributed by atoms with van der Waals surface area (Å²) in [4.78, 5) is 9.33. The molecule has 0 atom stereocenters. The Labute approximate surface area is 296 Å². The number of aryl methyl sites for hydroxylation is 1. The summed E-state index contributed by atoms with van der Waals surface area (Å²) in [6.45, 7) is 0. The number of halogens is 1. The standard InChI is InChI=1S/C27H19FNS.C14H16GeN.Ir/c28-20-11-8-17(9-12-20)19-10-13-22-23-6-3-7-24(27(23)30-25(22)16-19)26-21-5-2-1-4-18(21)14-15-29-26;1-15(2,3)13-9-10-14(16-11-13)12-7-5-4-6-8-12;/h3,6,8-16H,1-2,4-5H2;4-7,9-11H,1-3H3;/q2*-1;. The van der Waals surface area contributed by atoms with Crippen molar-refractivity contribution >= 4 is 49.2 Å². The predicted molar refractivity (Wildman–Crippen MR) is 195 cm³/mol. The third kappa shape index (κ3) is 7.19. The van der Waals surface area contributed by atoms with Gasteiger partial charge < -0.3 is 4.98 Å². The number of pyridine rings is 2. The molecule has 0 unspecified atom stereocenters. The van der Waals surface area contributed by atoms with E-state index in [0.29, 0.717) is 0 Å². The number of benzene rings is 4. The number of nitrogens with zero attached hydrogens (tertiary/aromatic N) is 2. The Hall–Kier alpha value is -3.48. The van der Waals surface area contributed by atoms with E-state index >= 15 is 0 Å².